The Labute approximate surface area is 263 Å². The summed E-state index contributed by atoms with van der Waals surface area (Å²) in [4.78, 5) is 31.4. The van der Waals surface area contributed by atoms with Crippen LogP contribution in [0.15, 0.2) is 35.0 Å². The molecule has 0 unspecified atom stereocenters. The van der Waals surface area contributed by atoms with Gasteiger partial charge in [-0.05, 0) is 50.7 Å². The van der Waals surface area contributed by atoms with Crippen LogP contribution in [0.3, 0.4) is 0 Å². The van der Waals surface area contributed by atoms with E-state index in [-0.39, 0.29) is 36.3 Å². The highest BCUT2D eigenvalue weighted by atomic mass is 35.5. The maximum atomic E-state index is 15.1. The number of piperidine rings is 1. The molecule has 10 nitrogen and oxygen atoms in total. The number of rotatable bonds is 9. The number of anilines is 1. The van der Waals surface area contributed by atoms with E-state index in [9.17, 15) is 18.0 Å². The van der Waals surface area contributed by atoms with E-state index in [1.54, 1.807) is 18.2 Å². The molecule has 2 bridgehead atoms. The van der Waals surface area contributed by atoms with Gasteiger partial charge in [-0.25, -0.2) is 22.5 Å². The van der Waals surface area contributed by atoms with Gasteiger partial charge in [-0.2, -0.15) is 0 Å². The fraction of sp³-hybridized carbons (Fsp3) is 0.467. The summed E-state index contributed by atoms with van der Waals surface area (Å²) in [7, 11) is -3.93. The van der Waals surface area contributed by atoms with E-state index in [0.717, 1.165) is 43.1 Å². The summed E-state index contributed by atoms with van der Waals surface area (Å²) in [6, 6.07) is 6.03. The molecule has 232 valence electrons. The highest BCUT2D eigenvalue weighted by molar-refractivity contribution is 7.90. The minimum absolute atomic E-state index is 0.164. The smallest absolute Gasteiger partial charge is 0.286 e. The van der Waals surface area contributed by atoms with Gasteiger partial charge in [0.15, 0.2) is 11.5 Å². The van der Waals surface area contributed by atoms with Crippen molar-refractivity contribution in [3.8, 4) is 11.3 Å². The Hall–Kier alpha value is -3.06. The van der Waals surface area contributed by atoms with Crippen LogP contribution in [0.25, 0.3) is 11.3 Å². The molecule has 14 heteroatoms. The molecular weight excluding hydrogens is 634 g/mol. The van der Waals surface area contributed by atoms with Crippen LogP contribution >= 0.6 is 23.2 Å². The summed E-state index contributed by atoms with van der Waals surface area (Å²) in [5.41, 5.74) is 1.44. The Morgan fingerprint density at radius 2 is 1.86 bits per heavy atom. The number of halogens is 3. The molecule has 3 heterocycles. The number of carbonyl (C=O) groups is 2. The maximum absolute atomic E-state index is 15.1. The first-order chi connectivity index (χ1) is 21.1. The number of nitrogens with one attached hydrogen (secondary N) is 1. The van der Waals surface area contributed by atoms with Gasteiger partial charge in [0.2, 0.25) is 15.9 Å². The molecule has 3 atom stereocenters. The van der Waals surface area contributed by atoms with Crippen LogP contribution in [0.5, 0.6) is 0 Å². The SMILES string of the molecule is O=C(NS(=O)(=O)C1CCCC1)c1ncc(N2C(=O)[C@@H]3C[C@H]2C[C@H]3OCc2c(-c3c(Cl)cccc3Cl)noc2C2CC2)cc1F. The van der Waals surface area contributed by atoms with E-state index in [2.05, 4.69) is 10.1 Å². The summed E-state index contributed by atoms with van der Waals surface area (Å²) in [5, 5.41) is 4.51. The van der Waals surface area contributed by atoms with Crippen LogP contribution in [0.4, 0.5) is 10.1 Å². The van der Waals surface area contributed by atoms with Gasteiger partial charge in [0.25, 0.3) is 5.91 Å². The zero-order chi connectivity index (χ0) is 30.7. The Bertz CT molecular complexity index is 1740. The Morgan fingerprint density at radius 3 is 2.52 bits per heavy atom. The average Bonchev–Trinajstić information content (AvgIpc) is 3.33. The van der Waals surface area contributed by atoms with Crippen LogP contribution in [-0.2, 0) is 26.2 Å². The third-order valence-corrected chi connectivity index (χ3v) is 11.6. The van der Waals surface area contributed by atoms with Crippen molar-refractivity contribution < 1.29 is 31.7 Å². The monoisotopic (exact) mass is 662 g/mol. The number of nitrogens with zero attached hydrogens (tertiary/aromatic N) is 3. The van der Waals surface area contributed by atoms with Gasteiger partial charge in [0, 0.05) is 29.2 Å². The standard InChI is InChI=1S/C30H29Cl2FN4O6S/c31-21-6-3-7-22(32)25(21)26-20(28(43-35-26)15-8-9-15)14-42-24-12-16-10-19(24)30(39)37(16)17-11-23(33)27(34-13-17)29(38)36-44(40,41)18-4-1-2-5-18/h3,6-7,11,13,15-16,18-19,24H,1-2,4-5,8-10,12,14H2,(H,36,38)/t16-,19+,24+/m0/s1. The molecule has 3 saturated carbocycles. The van der Waals surface area contributed by atoms with Crippen molar-refractivity contribution >= 4 is 50.7 Å². The molecule has 1 aliphatic heterocycles. The zero-order valence-corrected chi connectivity index (χ0v) is 25.8. The molecule has 1 saturated heterocycles. The number of fused-ring (bicyclic) bond motifs is 2. The van der Waals surface area contributed by atoms with Crippen LogP contribution in [-0.4, -0.2) is 47.8 Å². The quantitative estimate of drug-likeness (QED) is 0.305. The van der Waals surface area contributed by atoms with E-state index < -0.39 is 38.6 Å². The predicted octanol–water partition coefficient (Wildman–Crippen LogP) is 5.77. The average molecular weight is 664 g/mol. The third kappa shape index (κ3) is 5.29. The predicted molar refractivity (Wildman–Crippen MR) is 159 cm³/mol. The largest absolute Gasteiger partial charge is 0.372 e. The van der Waals surface area contributed by atoms with E-state index in [1.165, 1.54) is 11.1 Å². The summed E-state index contributed by atoms with van der Waals surface area (Å²) in [6.07, 6.45) is 6.32. The fourth-order valence-electron chi connectivity index (χ4n) is 6.75. The number of aromatic nitrogens is 2. The van der Waals surface area contributed by atoms with E-state index in [0.29, 0.717) is 47.0 Å². The lowest BCUT2D eigenvalue weighted by Gasteiger charge is -2.31. The second-order valence-electron chi connectivity index (χ2n) is 11.9. The second kappa shape index (κ2) is 11.4. The van der Waals surface area contributed by atoms with Gasteiger partial charge in [0.1, 0.15) is 11.5 Å². The van der Waals surface area contributed by atoms with Crippen molar-refractivity contribution in [2.45, 2.75) is 81.3 Å². The molecule has 7 rings (SSSR count). The molecule has 4 fully saturated rings. The molecule has 44 heavy (non-hydrogen) atoms. The van der Waals surface area contributed by atoms with Crippen molar-refractivity contribution in [3.05, 3.63) is 63.3 Å². The minimum atomic E-state index is -3.93. The Morgan fingerprint density at radius 1 is 1.14 bits per heavy atom. The first-order valence-electron chi connectivity index (χ1n) is 14.7. The lowest BCUT2D eigenvalue weighted by Crippen LogP contribution is -2.43. The highest BCUT2D eigenvalue weighted by Crippen LogP contribution is 2.47. The number of sulfonamides is 1. The maximum Gasteiger partial charge on any atom is 0.286 e. The van der Waals surface area contributed by atoms with Crippen molar-refractivity contribution in [1.29, 1.82) is 0 Å². The molecule has 3 aromatic rings. The number of hydrogen-bond donors (Lipinski definition) is 1. The molecule has 2 amide bonds. The van der Waals surface area contributed by atoms with Crippen molar-refractivity contribution in [3.63, 3.8) is 0 Å². The summed E-state index contributed by atoms with van der Waals surface area (Å²) >= 11 is 12.9. The summed E-state index contributed by atoms with van der Waals surface area (Å²) < 4.78 is 54.1. The van der Waals surface area contributed by atoms with Crippen molar-refractivity contribution in [1.82, 2.24) is 14.9 Å². The van der Waals surface area contributed by atoms with Gasteiger partial charge in [0.05, 0.1) is 45.8 Å². The number of carbonyl (C=O) groups excluding carboxylic acids is 2. The van der Waals surface area contributed by atoms with Gasteiger partial charge in [-0.3, -0.25) is 9.59 Å². The first-order valence-corrected chi connectivity index (χ1v) is 17.0. The van der Waals surface area contributed by atoms with Crippen molar-refractivity contribution in [2.24, 2.45) is 5.92 Å². The van der Waals surface area contributed by atoms with Gasteiger partial charge >= 0.3 is 0 Å². The first kappa shape index (κ1) is 29.6. The minimum Gasteiger partial charge on any atom is -0.372 e. The Balaban J connectivity index is 1.04. The molecular formula is C30H29Cl2FN4O6S. The molecule has 3 aliphatic carbocycles. The molecule has 1 aromatic carbocycles. The van der Waals surface area contributed by atoms with Crippen LogP contribution < -0.4 is 9.62 Å². The van der Waals surface area contributed by atoms with E-state index >= 15 is 4.39 Å². The lowest BCUT2D eigenvalue weighted by molar-refractivity contribution is -0.126. The van der Waals surface area contributed by atoms with E-state index in [1.807, 2.05) is 4.72 Å². The van der Waals surface area contributed by atoms with Gasteiger partial charge < -0.3 is 14.2 Å². The Kier molecular flexibility index (Phi) is 7.67. The number of pyridine rings is 1. The third-order valence-electron chi connectivity index (χ3n) is 9.10. The van der Waals surface area contributed by atoms with Gasteiger partial charge in [-0.15, -0.1) is 0 Å². The number of benzene rings is 1. The van der Waals surface area contributed by atoms with Crippen LogP contribution in [0, 0.1) is 11.7 Å². The molecule has 2 aromatic heterocycles. The summed E-state index contributed by atoms with van der Waals surface area (Å²) in [6.45, 7) is 0.164. The molecule has 0 radical (unpaired) electrons. The second-order valence-corrected chi connectivity index (χ2v) is 14.7. The summed E-state index contributed by atoms with van der Waals surface area (Å²) in [5.74, 6) is -1.80. The molecule has 4 aliphatic rings. The van der Waals surface area contributed by atoms with Crippen LogP contribution in [0.2, 0.25) is 10.0 Å². The van der Waals surface area contributed by atoms with E-state index in [4.69, 9.17) is 32.5 Å². The normalized spacial score (nSPS) is 23.6. The number of amides is 2. The number of hydrogen-bond acceptors (Lipinski definition) is 8. The topological polar surface area (TPSA) is 132 Å². The number of ether oxygens (including phenoxy) is 1. The zero-order valence-electron chi connectivity index (χ0n) is 23.5. The highest BCUT2D eigenvalue weighted by Gasteiger charge is 2.52. The lowest BCUT2D eigenvalue weighted by atomic mass is 10.0. The fourth-order valence-corrected chi connectivity index (χ4v) is 8.80. The molecule has 0 spiro atoms. The van der Waals surface area contributed by atoms with Gasteiger partial charge in [-0.1, -0.05) is 47.3 Å². The molecule has 1 N–H and O–H groups in total. The van der Waals surface area contributed by atoms with Crippen molar-refractivity contribution in [2.75, 3.05) is 4.90 Å². The van der Waals surface area contributed by atoms with Crippen LogP contribution in [0.1, 0.15) is 79.1 Å².